The molecule has 1 N–H and O–H groups in total. The fourth-order valence-electron chi connectivity index (χ4n) is 1.31. The van der Waals surface area contributed by atoms with E-state index < -0.39 is 0 Å². The first-order chi connectivity index (χ1) is 6.42. The van der Waals surface area contributed by atoms with Gasteiger partial charge in [-0.3, -0.25) is 4.99 Å². The lowest BCUT2D eigenvalue weighted by Gasteiger charge is -2.06. The lowest BCUT2D eigenvalue weighted by molar-refractivity contribution is 0.397. The Balaban J connectivity index is 2.38. The Bertz CT molecular complexity index is 335. The number of rotatable bonds is 2. The number of amidine groups is 1. The minimum atomic E-state index is 0.621. The van der Waals surface area contributed by atoms with E-state index in [0.29, 0.717) is 5.88 Å². The van der Waals surface area contributed by atoms with Crippen molar-refractivity contribution < 1.29 is 4.74 Å². The molecule has 4 heteroatoms. The van der Waals surface area contributed by atoms with Gasteiger partial charge in [-0.25, -0.2) is 4.98 Å². The summed E-state index contributed by atoms with van der Waals surface area (Å²) in [6, 6.07) is 3.82. The molecule has 2 rings (SSSR count). The topological polar surface area (TPSA) is 46.5 Å². The second kappa shape index (κ2) is 3.43. The summed E-state index contributed by atoms with van der Waals surface area (Å²) in [4.78, 5) is 8.40. The molecule has 2 heterocycles. The van der Waals surface area contributed by atoms with Crippen molar-refractivity contribution in [3.8, 4) is 5.88 Å². The Hall–Kier alpha value is -1.58. The van der Waals surface area contributed by atoms with E-state index in [-0.39, 0.29) is 0 Å². The number of methoxy groups -OCH3 is 1. The Kier molecular flexibility index (Phi) is 2.12. The SMILES string of the molecule is COc1ncccc1C1=NCCN1. The standard InChI is InChI=1S/C9H11N3O/c1-13-9-7(3-2-4-12-9)8-10-5-6-11-8/h2-4H,5-6H2,1H3,(H,10,11). The van der Waals surface area contributed by atoms with Crippen LogP contribution in [0.4, 0.5) is 0 Å². The van der Waals surface area contributed by atoms with Gasteiger partial charge in [0.2, 0.25) is 5.88 Å². The Morgan fingerprint density at radius 1 is 1.54 bits per heavy atom. The number of hydrogen-bond donors (Lipinski definition) is 1. The van der Waals surface area contributed by atoms with E-state index >= 15 is 0 Å². The van der Waals surface area contributed by atoms with Crippen LogP contribution in [0.2, 0.25) is 0 Å². The van der Waals surface area contributed by atoms with E-state index in [4.69, 9.17) is 4.74 Å². The fraction of sp³-hybridized carbons (Fsp3) is 0.333. The van der Waals surface area contributed by atoms with E-state index in [1.54, 1.807) is 13.3 Å². The van der Waals surface area contributed by atoms with Crippen LogP contribution < -0.4 is 10.1 Å². The molecule has 0 aliphatic carbocycles. The number of nitrogens with one attached hydrogen (secondary N) is 1. The van der Waals surface area contributed by atoms with Crippen LogP contribution in [0.15, 0.2) is 23.3 Å². The van der Waals surface area contributed by atoms with Gasteiger partial charge >= 0.3 is 0 Å². The molecule has 4 nitrogen and oxygen atoms in total. The van der Waals surface area contributed by atoms with Gasteiger partial charge in [0.25, 0.3) is 0 Å². The highest BCUT2D eigenvalue weighted by Crippen LogP contribution is 2.14. The monoisotopic (exact) mass is 177 g/mol. The summed E-state index contributed by atoms with van der Waals surface area (Å²) in [5.41, 5.74) is 0.933. The van der Waals surface area contributed by atoms with E-state index in [1.165, 1.54) is 0 Å². The maximum atomic E-state index is 5.13. The largest absolute Gasteiger partial charge is 0.480 e. The number of pyridine rings is 1. The third-order valence-corrected chi connectivity index (χ3v) is 1.89. The smallest absolute Gasteiger partial charge is 0.224 e. The van der Waals surface area contributed by atoms with Crippen molar-refractivity contribution in [1.29, 1.82) is 0 Å². The van der Waals surface area contributed by atoms with E-state index in [9.17, 15) is 0 Å². The van der Waals surface area contributed by atoms with Gasteiger partial charge in [0.05, 0.1) is 19.2 Å². The van der Waals surface area contributed by atoms with E-state index in [1.807, 2.05) is 12.1 Å². The van der Waals surface area contributed by atoms with Crippen molar-refractivity contribution in [2.24, 2.45) is 4.99 Å². The van der Waals surface area contributed by atoms with Crippen molar-refractivity contribution in [1.82, 2.24) is 10.3 Å². The summed E-state index contributed by atoms with van der Waals surface area (Å²) in [6.07, 6.45) is 1.71. The van der Waals surface area contributed by atoms with Crippen molar-refractivity contribution in [2.75, 3.05) is 20.2 Å². The number of aromatic nitrogens is 1. The molecule has 68 valence electrons. The van der Waals surface area contributed by atoms with Crippen LogP contribution in [-0.4, -0.2) is 31.0 Å². The van der Waals surface area contributed by atoms with Crippen LogP contribution in [0.3, 0.4) is 0 Å². The summed E-state index contributed by atoms with van der Waals surface area (Å²) in [7, 11) is 1.61. The molecular formula is C9H11N3O. The minimum Gasteiger partial charge on any atom is -0.480 e. The van der Waals surface area contributed by atoms with Crippen molar-refractivity contribution >= 4 is 5.84 Å². The molecule has 0 amide bonds. The predicted molar refractivity (Wildman–Crippen MR) is 50.2 cm³/mol. The molecule has 0 aromatic carbocycles. The molecule has 1 aliphatic heterocycles. The third kappa shape index (κ3) is 1.47. The van der Waals surface area contributed by atoms with Gasteiger partial charge in [-0.1, -0.05) is 0 Å². The highest BCUT2D eigenvalue weighted by Gasteiger charge is 2.12. The van der Waals surface area contributed by atoms with Crippen molar-refractivity contribution in [2.45, 2.75) is 0 Å². The zero-order chi connectivity index (χ0) is 9.10. The van der Waals surface area contributed by atoms with Crippen molar-refractivity contribution in [3.05, 3.63) is 23.9 Å². The quantitative estimate of drug-likeness (QED) is 0.713. The van der Waals surface area contributed by atoms with E-state index in [0.717, 1.165) is 24.5 Å². The minimum absolute atomic E-state index is 0.621. The molecule has 1 aromatic heterocycles. The highest BCUT2D eigenvalue weighted by molar-refractivity contribution is 6.01. The summed E-state index contributed by atoms with van der Waals surface area (Å²) in [5, 5.41) is 3.18. The van der Waals surface area contributed by atoms with Gasteiger partial charge in [-0.05, 0) is 12.1 Å². The third-order valence-electron chi connectivity index (χ3n) is 1.89. The average molecular weight is 177 g/mol. The Labute approximate surface area is 76.7 Å². The molecule has 0 saturated heterocycles. The van der Waals surface area contributed by atoms with Crippen LogP contribution >= 0.6 is 0 Å². The molecule has 0 fully saturated rings. The number of nitrogens with zero attached hydrogens (tertiary/aromatic N) is 2. The molecule has 0 saturated carbocycles. The number of ether oxygens (including phenoxy) is 1. The lowest BCUT2D eigenvalue weighted by atomic mass is 10.2. The second-order valence-corrected chi connectivity index (χ2v) is 2.72. The Morgan fingerprint density at radius 3 is 3.15 bits per heavy atom. The van der Waals surface area contributed by atoms with Crippen LogP contribution in [0.5, 0.6) is 5.88 Å². The first-order valence-corrected chi connectivity index (χ1v) is 4.19. The molecule has 0 radical (unpaired) electrons. The highest BCUT2D eigenvalue weighted by atomic mass is 16.5. The van der Waals surface area contributed by atoms with Gasteiger partial charge in [0.1, 0.15) is 5.84 Å². The molecule has 13 heavy (non-hydrogen) atoms. The van der Waals surface area contributed by atoms with Crippen molar-refractivity contribution in [3.63, 3.8) is 0 Å². The molecular weight excluding hydrogens is 166 g/mol. The van der Waals surface area contributed by atoms with Crippen LogP contribution in [0.1, 0.15) is 5.56 Å². The fourth-order valence-corrected chi connectivity index (χ4v) is 1.31. The van der Waals surface area contributed by atoms with Gasteiger partial charge in [0.15, 0.2) is 0 Å². The van der Waals surface area contributed by atoms with Crippen LogP contribution in [0, 0.1) is 0 Å². The zero-order valence-electron chi connectivity index (χ0n) is 7.45. The normalized spacial score (nSPS) is 15.0. The lowest BCUT2D eigenvalue weighted by Crippen LogP contribution is -2.20. The summed E-state index contributed by atoms with van der Waals surface area (Å²) < 4.78 is 5.13. The molecule has 0 atom stereocenters. The first kappa shape index (κ1) is 8.04. The number of hydrogen-bond acceptors (Lipinski definition) is 4. The molecule has 1 aliphatic rings. The second-order valence-electron chi connectivity index (χ2n) is 2.72. The Morgan fingerprint density at radius 2 is 2.46 bits per heavy atom. The summed E-state index contributed by atoms with van der Waals surface area (Å²) >= 11 is 0. The predicted octanol–water partition coefficient (Wildman–Crippen LogP) is 0.440. The van der Waals surface area contributed by atoms with Gasteiger partial charge in [-0.15, -0.1) is 0 Å². The number of aliphatic imine (C=N–C) groups is 1. The molecule has 1 aromatic rings. The maximum absolute atomic E-state index is 5.13. The first-order valence-electron chi connectivity index (χ1n) is 4.19. The summed E-state index contributed by atoms with van der Waals surface area (Å²) in [5.74, 6) is 1.50. The summed E-state index contributed by atoms with van der Waals surface area (Å²) in [6.45, 7) is 1.72. The molecule has 0 spiro atoms. The van der Waals surface area contributed by atoms with E-state index in [2.05, 4.69) is 15.3 Å². The maximum Gasteiger partial charge on any atom is 0.224 e. The van der Waals surface area contributed by atoms with Gasteiger partial charge < -0.3 is 10.1 Å². The van der Waals surface area contributed by atoms with Gasteiger partial charge in [0, 0.05) is 12.7 Å². The van der Waals surface area contributed by atoms with Crippen LogP contribution in [-0.2, 0) is 0 Å². The zero-order valence-corrected chi connectivity index (χ0v) is 7.45. The molecule has 0 bridgehead atoms. The average Bonchev–Trinajstić information content (AvgIpc) is 2.70. The van der Waals surface area contributed by atoms with Crippen LogP contribution in [0.25, 0.3) is 0 Å². The van der Waals surface area contributed by atoms with Gasteiger partial charge in [-0.2, -0.15) is 0 Å². The molecule has 0 unspecified atom stereocenters.